The third-order valence-electron chi connectivity index (χ3n) is 2.44. The number of aromatic nitrogens is 2. The van der Waals surface area contributed by atoms with Crippen molar-refractivity contribution in [1.29, 1.82) is 0 Å². The van der Waals surface area contributed by atoms with Gasteiger partial charge in [0.05, 0.1) is 12.5 Å². The topological polar surface area (TPSA) is 90.1 Å². The van der Waals surface area contributed by atoms with Crippen LogP contribution >= 0.6 is 11.3 Å². The molecule has 0 aliphatic carbocycles. The molecule has 0 bridgehead atoms. The number of carbonyl (C=O) groups excluding carboxylic acids is 1. The molecule has 0 saturated carbocycles. The summed E-state index contributed by atoms with van der Waals surface area (Å²) in [5.74, 6) is 0.407. The van der Waals surface area contributed by atoms with E-state index in [0.717, 1.165) is 16.6 Å². The number of thiophene rings is 1. The molecule has 0 aliphatic heterocycles. The number of nitrogens with zero attached hydrogens (tertiary/aromatic N) is 2. The molecule has 0 atom stereocenters. The third kappa shape index (κ3) is 2.51. The molecule has 7 heteroatoms. The molecule has 3 N–H and O–H groups in total. The second-order valence-electron chi connectivity index (χ2n) is 3.65. The van der Waals surface area contributed by atoms with Gasteiger partial charge < -0.3 is 15.8 Å². The highest BCUT2D eigenvalue weighted by Gasteiger charge is 2.11. The average molecular weight is 266 g/mol. The van der Waals surface area contributed by atoms with E-state index in [1.165, 1.54) is 12.0 Å². The van der Waals surface area contributed by atoms with E-state index in [2.05, 4.69) is 26.9 Å². The predicted octanol–water partition coefficient (Wildman–Crippen LogP) is 1.42. The monoisotopic (exact) mass is 266 g/mol. The van der Waals surface area contributed by atoms with Gasteiger partial charge in [-0.1, -0.05) is 6.92 Å². The maximum Gasteiger partial charge on any atom is 0.325 e. The number of carbonyl (C=O) groups is 1. The zero-order valence-electron chi connectivity index (χ0n) is 10.2. The molecule has 2 aromatic heterocycles. The van der Waals surface area contributed by atoms with Gasteiger partial charge in [0, 0.05) is 4.88 Å². The Kier molecular flexibility index (Phi) is 3.61. The zero-order chi connectivity index (χ0) is 13.1. The molecule has 0 aromatic carbocycles. The fraction of sp³-hybridized carbons (Fsp3) is 0.364. The van der Waals surface area contributed by atoms with Crippen LogP contribution in [0.2, 0.25) is 0 Å². The number of nitrogens with two attached hydrogens (primary N) is 1. The Bertz CT molecular complexity index is 582. The molecule has 0 radical (unpaired) electrons. The number of aryl methyl sites for hydroxylation is 1. The van der Waals surface area contributed by atoms with Crippen LogP contribution in [-0.4, -0.2) is 29.6 Å². The second kappa shape index (κ2) is 5.18. The van der Waals surface area contributed by atoms with Crippen molar-refractivity contribution in [2.75, 3.05) is 24.7 Å². The molecular weight excluding hydrogens is 252 g/mol. The highest BCUT2D eigenvalue weighted by atomic mass is 32.1. The van der Waals surface area contributed by atoms with Crippen LogP contribution in [0.1, 0.15) is 11.8 Å². The van der Waals surface area contributed by atoms with Gasteiger partial charge in [0.15, 0.2) is 0 Å². The van der Waals surface area contributed by atoms with Crippen LogP contribution in [0.5, 0.6) is 0 Å². The van der Waals surface area contributed by atoms with Gasteiger partial charge in [-0.3, -0.25) is 4.79 Å². The number of esters is 1. The lowest BCUT2D eigenvalue weighted by molar-refractivity contribution is -0.138. The Labute approximate surface area is 108 Å². The maximum absolute atomic E-state index is 11.1. The standard InChI is InChI=1S/C11H14N4O2S/c1-3-6-4-7-9(13-5-8(16)17-2)14-11(12)15-10(7)18-6/h4H,3,5H2,1-2H3,(H3,12,13,14,15). The van der Waals surface area contributed by atoms with Crippen molar-refractivity contribution in [3.05, 3.63) is 10.9 Å². The van der Waals surface area contributed by atoms with E-state index in [9.17, 15) is 4.79 Å². The lowest BCUT2D eigenvalue weighted by Crippen LogP contribution is -2.16. The molecule has 18 heavy (non-hydrogen) atoms. The van der Waals surface area contributed by atoms with Crippen LogP contribution in [0.4, 0.5) is 11.8 Å². The summed E-state index contributed by atoms with van der Waals surface area (Å²) in [7, 11) is 1.34. The summed E-state index contributed by atoms with van der Waals surface area (Å²) in [4.78, 5) is 21.4. The minimum atomic E-state index is -0.355. The van der Waals surface area contributed by atoms with Gasteiger partial charge in [-0.2, -0.15) is 4.98 Å². The molecule has 0 saturated heterocycles. The Morgan fingerprint density at radius 2 is 2.33 bits per heavy atom. The Morgan fingerprint density at radius 1 is 1.56 bits per heavy atom. The van der Waals surface area contributed by atoms with Crippen LogP contribution < -0.4 is 11.1 Å². The SMILES string of the molecule is CCc1cc2c(NCC(=O)OC)nc(N)nc2s1. The van der Waals surface area contributed by atoms with Crippen molar-refractivity contribution < 1.29 is 9.53 Å². The summed E-state index contributed by atoms with van der Waals surface area (Å²) < 4.78 is 4.57. The molecule has 6 nitrogen and oxygen atoms in total. The van der Waals surface area contributed by atoms with Crippen molar-refractivity contribution >= 4 is 39.3 Å². The van der Waals surface area contributed by atoms with E-state index in [1.54, 1.807) is 11.3 Å². The lowest BCUT2D eigenvalue weighted by Gasteiger charge is -2.05. The summed E-state index contributed by atoms with van der Waals surface area (Å²) in [5.41, 5.74) is 5.64. The lowest BCUT2D eigenvalue weighted by atomic mass is 10.3. The van der Waals surface area contributed by atoms with E-state index in [0.29, 0.717) is 5.82 Å². The minimum absolute atomic E-state index is 0.0549. The van der Waals surface area contributed by atoms with Crippen molar-refractivity contribution in [3.8, 4) is 0 Å². The van der Waals surface area contributed by atoms with E-state index in [1.807, 2.05) is 6.07 Å². The largest absolute Gasteiger partial charge is 0.468 e. The van der Waals surface area contributed by atoms with Crippen LogP contribution in [0.25, 0.3) is 10.2 Å². The first kappa shape index (κ1) is 12.6. The number of ether oxygens (including phenoxy) is 1. The number of hydrogen-bond acceptors (Lipinski definition) is 7. The third-order valence-corrected chi connectivity index (χ3v) is 3.61. The summed E-state index contributed by atoms with van der Waals surface area (Å²) in [5, 5.41) is 3.80. The Balaban J connectivity index is 2.35. The summed E-state index contributed by atoms with van der Waals surface area (Å²) in [6, 6.07) is 2.01. The van der Waals surface area contributed by atoms with Crippen molar-refractivity contribution in [3.63, 3.8) is 0 Å². The minimum Gasteiger partial charge on any atom is -0.468 e. The molecule has 0 aliphatic rings. The van der Waals surface area contributed by atoms with Crippen LogP contribution in [-0.2, 0) is 16.0 Å². The molecule has 0 amide bonds. The highest BCUT2D eigenvalue weighted by molar-refractivity contribution is 7.18. The average Bonchev–Trinajstić information content (AvgIpc) is 2.78. The van der Waals surface area contributed by atoms with Gasteiger partial charge in [0.25, 0.3) is 0 Å². The number of anilines is 2. The first-order valence-electron chi connectivity index (χ1n) is 5.50. The summed E-state index contributed by atoms with van der Waals surface area (Å²) in [6.07, 6.45) is 0.928. The van der Waals surface area contributed by atoms with E-state index < -0.39 is 0 Å². The fourth-order valence-electron chi connectivity index (χ4n) is 1.52. The number of nitrogens with one attached hydrogen (secondary N) is 1. The van der Waals surface area contributed by atoms with Gasteiger partial charge in [-0.05, 0) is 12.5 Å². The van der Waals surface area contributed by atoms with Crippen molar-refractivity contribution in [1.82, 2.24) is 9.97 Å². The normalized spacial score (nSPS) is 10.6. The maximum atomic E-state index is 11.1. The Morgan fingerprint density at radius 3 is 3.00 bits per heavy atom. The summed E-state index contributed by atoms with van der Waals surface area (Å²) in [6.45, 7) is 2.13. The smallest absolute Gasteiger partial charge is 0.325 e. The highest BCUT2D eigenvalue weighted by Crippen LogP contribution is 2.29. The molecule has 2 rings (SSSR count). The number of methoxy groups -OCH3 is 1. The van der Waals surface area contributed by atoms with Gasteiger partial charge in [-0.25, -0.2) is 4.98 Å². The van der Waals surface area contributed by atoms with Crippen molar-refractivity contribution in [2.24, 2.45) is 0 Å². The van der Waals surface area contributed by atoms with Gasteiger partial charge in [0.1, 0.15) is 17.2 Å². The van der Waals surface area contributed by atoms with Gasteiger partial charge >= 0.3 is 5.97 Å². The molecule has 0 fully saturated rings. The number of hydrogen-bond donors (Lipinski definition) is 2. The zero-order valence-corrected chi connectivity index (χ0v) is 11.0. The molecule has 0 unspecified atom stereocenters. The van der Waals surface area contributed by atoms with Crippen LogP contribution in [0.3, 0.4) is 0 Å². The Hall–Kier alpha value is -1.89. The predicted molar refractivity (Wildman–Crippen MR) is 71.7 cm³/mol. The molecule has 0 spiro atoms. The molecular formula is C11H14N4O2S. The molecule has 2 heterocycles. The van der Waals surface area contributed by atoms with Crippen molar-refractivity contribution in [2.45, 2.75) is 13.3 Å². The van der Waals surface area contributed by atoms with Crippen LogP contribution in [0.15, 0.2) is 6.07 Å². The van der Waals surface area contributed by atoms with Crippen LogP contribution in [0, 0.1) is 0 Å². The van der Waals surface area contributed by atoms with E-state index >= 15 is 0 Å². The van der Waals surface area contributed by atoms with E-state index in [-0.39, 0.29) is 18.5 Å². The first-order valence-corrected chi connectivity index (χ1v) is 6.32. The molecule has 2 aromatic rings. The quantitative estimate of drug-likeness (QED) is 0.813. The molecule has 96 valence electrons. The van der Waals surface area contributed by atoms with E-state index in [4.69, 9.17) is 5.73 Å². The number of rotatable bonds is 4. The van der Waals surface area contributed by atoms with Gasteiger partial charge in [-0.15, -0.1) is 11.3 Å². The first-order chi connectivity index (χ1) is 8.63. The second-order valence-corrected chi connectivity index (χ2v) is 4.76. The number of fused-ring (bicyclic) bond motifs is 1. The fourth-order valence-corrected chi connectivity index (χ4v) is 2.50. The number of nitrogen functional groups attached to an aromatic ring is 1. The van der Waals surface area contributed by atoms with Gasteiger partial charge in [0.2, 0.25) is 5.95 Å². The summed E-state index contributed by atoms with van der Waals surface area (Å²) >= 11 is 1.58.